The highest BCUT2D eigenvalue weighted by Gasteiger charge is 2.34. The summed E-state index contributed by atoms with van der Waals surface area (Å²) in [7, 11) is 0. The molecule has 1 fully saturated rings. The number of nitrogens with zero attached hydrogens (tertiary/aromatic N) is 3. The normalized spacial score (nSPS) is 17.4. The smallest absolute Gasteiger partial charge is 0.251 e. The average Bonchev–Trinajstić information content (AvgIpc) is 3.17. The molecule has 1 saturated heterocycles. The Labute approximate surface area is 151 Å². The first-order valence-electron chi connectivity index (χ1n) is 7.83. The molecule has 1 N–H and O–H groups in total. The Balaban J connectivity index is 1.67. The summed E-state index contributed by atoms with van der Waals surface area (Å²) in [4.78, 5) is 14.2. The van der Waals surface area contributed by atoms with Crippen LogP contribution in [0.25, 0.3) is 0 Å². The van der Waals surface area contributed by atoms with Gasteiger partial charge in [0, 0.05) is 12.4 Å². The molecule has 0 radical (unpaired) electrons. The summed E-state index contributed by atoms with van der Waals surface area (Å²) in [6, 6.07) is 9.93. The van der Waals surface area contributed by atoms with E-state index in [0.717, 1.165) is 23.3 Å². The summed E-state index contributed by atoms with van der Waals surface area (Å²) in [5, 5.41) is 7.90. The number of benzene rings is 1. The Bertz CT molecular complexity index is 717. The third-order valence-corrected chi connectivity index (χ3v) is 4.94. The molecule has 3 rings (SSSR count). The number of carbonyl (C=O) groups is 1. The molecule has 24 heavy (non-hydrogen) atoms. The topological polar surface area (TPSA) is 50.2 Å². The zero-order valence-corrected chi connectivity index (χ0v) is 15.1. The van der Waals surface area contributed by atoms with Gasteiger partial charge in [-0.1, -0.05) is 24.3 Å². The minimum absolute atomic E-state index is 0.0755. The second kappa shape index (κ2) is 7.81. The number of hydrogen-bond acceptors (Lipinski definition) is 4. The standard InChI is InChI=1S/C17H20N4OS2/c1-24-9-6-15-16(22)21(17(23)19-15)12-14-5-2-4-13(10-14)11-20-8-3-7-18-20/h2-5,7-8,10,15H,6,9,11-12H2,1H3,(H,19,23)/t15-/m0/s1. The molecule has 0 aliphatic carbocycles. The predicted octanol–water partition coefficient (Wildman–Crippen LogP) is 2.27. The van der Waals surface area contributed by atoms with Crippen molar-refractivity contribution in [1.29, 1.82) is 0 Å². The van der Waals surface area contributed by atoms with Crippen LogP contribution in [0, 0.1) is 0 Å². The van der Waals surface area contributed by atoms with E-state index in [9.17, 15) is 4.79 Å². The van der Waals surface area contributed by atoms with Crippen LogP contribution < -0.4 is 5.32 Å². The van der Waals surface area contributed by atoms with Crippen LogP contribution in [0.2, 0.25) is 0 Å². The van der Waals surface area contributed by atoms with Crippen molar-refractivity contribution < 1.29 is 4.79 Å². The molecule has 0 bridgehead atoms. The molecule has 2 aromatic rings. The first-order chi connectivity index (χ1) is 11.7. The fourth-order valence-electron chi connectivity index (χ4n) is 2.75. The van der Waals surface area contributed by atoms with Crippen LogP contribution in [0.5, 0.6) is 0 Å². The Kier molecular flexibility index (Phi) is 5.52. The number of aromatic nitrogens is 2. The van der Waals surface area contributed by atoms with Crippen LogP contribution in [-0.2, 0) is 17.9 Å². The second-order valence-corrected chi connectivity index (χ2v) is 7.10. The van der Waals surface area contributed by atoms with Crippen LogP contribution in [0.15, 0.2) is 42.7 Å². The van der Waals surface area contributed by atoms with E-state index in [1.165, 1.54) is 0 Å². The molecule has 1 aromatic heterocycles. The number of rotatable bonds is 7. The monoisotopic (exact) mass is 360 g/mol. The van der Waals surface area contributed by atoms with Crippen LogP contribution in [0.3, 0.4) is 0 Å². The molecule has 0 saturated carbocycles. The SMILES string of the molecule is CSCC[C@@H]1NC(=S)N(Cc2cccc(Cn3cccn3)c2)C1=O. The van der Waals surface area contributed by atoms with Gasteiger partial charge in [0.1, 0.15) is 6.04 Å². The van der Waals surface area contributed by atoms with Crippen molar-refractivity contribution in [3.05, 3.63) is 53.9 Å². The molecule has 126 valence electrons. The predicted molar refractivity (Wildman–Crippen MR) is 101 cm³/mol. The van der Waals surface area contributed by atoms with E-state index in [1.807, 2.05) is 35.3 Å². The zero-order chi connectivity index (χ0) is 16.9. The van der Waals surface area contributed by atoms with Gasteiger partial charge in [-0.25, -0.2) is 0 Å². The van der Waals surface area contributed by atoms with E-state index in [4.69, 9.17) is 12.2 Å². The molecular weight excluding hydrogens is 340 g/mol. The number of hydrogen-bond donors (Lipinski definition) is 1. The molecule has 0 unspecified atom stereocenters. The van der Waals surface area contributed by atoms with Crippen molar-refractivity contribution in [2.75, 3.05) is 12.0 Å². The fraction of sp³-hybridized carbons (Fsp3) is 0.353. The number of amides is 1. The molecule has 2 heterocycles. The lowest BCUT2D eigenvalue weighted by Gasteiger charge is -2.15. The summed E-state index contributed by atoms with van der Waals surface area (Å²) >= 11 is 7.08. The van der Waals surface area contributed by atoms with Crippen LogP contribution >= 0.6 is 24.0 Å². The first-order valence-corrected chi connectivity index (χ1v) is 9.63. The second-order valence-electron chi connectivity index (χ2n) is 5.73. The summed E-state index contributed by atoms with van der Waals surface area (Å²) < 4.78 is 1.88. The van der Waals surface area contributed by atoms with Crippen LogP contribution in [-0.4, -0.2) is 43.8 Å². The summed E-state index contributed by atoms with van der Waals surface area (Å²) in [5.74, 6) is 1.02. The lowest BCUT2D eigenvalue weighted by atomic mass is 10.1. The van der Waals surface area contributed by atoms with Gasteiger partial charge >= 0.3 is 0 Å². The van der Waals surface area contributed by atoms with E-state index in [2.05, 4.69) is 22.5 Å². The third kappa shape index (κ3) is 3.96. The average molecular weight is 361 g/mol. The van der Waals surface area contributed by atoms with Gasteiger partial charge in [0.25, 0.3) is 5.91 Å². The summed E-state index contributed by atoms with van der Waals surface area (Å²) in [6.45, 7) is 1.22. The van der Waals surface area contributed by atoms with Crippen molar-refractivity contribution in [2.45, 2.75) is 25.6 Å². The molecule has 1 aromatic carbocycles. The minimum atomic E-state index is -0.183. The van der Waals surface area contributed by atoms with Crippen molar-refractivity contribution >= 4 is 35.0 Å². The Morgan fingerprint density at radius 3 is 2.79 bits per heavy atom. The molecule has 1 amide bonds. The molecular formula is C17H20N4OS2. The van der Waals surface area contributed by atoms with E-state index >= 15 is 0 Å². The maximum Gasteiger partial charge on any atom is 0.251 e. The van der Waals surface area contributed by atoms with Gasteiger partial charge in [-0.15, -0.1) is 0 Å². The van der Waals surface area contributed by atoms with Gasteiger partial charge < -0.3 is 5.32 Å². The Hall–Kier alpha value is -1.86. The third-order valence-electron chi connectivity index (χ3n) is 3.95. The fourth-order valence-corrected chi connectivity index (χ4v) is 3.52. The number of nitrogens with one attached hydrogen (secondary N) is 1. The van der Waals surface area contributed by atoms with Crippen molar-refractivity contribution in [3.63, 3.8) is 0 Å². The number of carbonyl (C=O) groups excluding carboxylic acids is 1. The molecule has 7 heteroatoms. The summed E-state index contributed by atoms with van der Waals surface area (Å²) in [5.41, 5.74) is 2.23. The van der Waals surface area contributed by atoms with E-state index in [-0.39, 0.29) is 11.9 Å². The van der Waals surface area contributed by atoms with E-state index < -0.39 is 0 Å². The van der Waals surface area contributed by atoms with E-state index in [0.29, 0.717) is 18.2 Å². The molecule has 5 nitrogen and oxygen atoms in total. The van der Waals surface area contributed by atoms with Gasteiger partial charge in [-0.05, 0) is 47.8 Å². The Morgan fingerprint density at radius 1 is 1.29 bits per heavy atom. The quantitative estimate of drug-likeness (QED) is 0.768. The largest absolute Gasteiger partial charge is 0.350 e. The van der Waals surface area contributed by atoms with Gasteiger partial charge in [0.05, 0.1) is 13.1 Å². The summed E-state index contributed by atoms with van der Waals surface area (Å²) in [6.07, 6.45) is 6.55. The highest BCUT2D eigenvalue weighted by atomic mass is 32.2. The zero-order valence-electron chi connectivity index (χ0n) is 13.5. The maximum absolute atomic E-state index is 12.5. The number of thiocarbonyl (C=S) groups is 1. The molecule has 0 spiro atoms. The molecule has 1 aliphatic rings. The van der Waals surface area contributed by atoms with E-state index in [1.54, 1.807) is 22.9 Å². The number of thioether (sulfide) groups is 1. The molecule has 1 aliphatic heterocycles. The van der Waals surface area contributed by atoms with Gasteiger partial charge in [-0.3, -0.25) is 14.4 Å². The van der Waals surface area contributed by atoms with Gasteiger partial charge in [0.15, 0.2) is 5.11 Å². The lowest BCUT2D eigenvalue weighted by molar-refractivity contribution is -0.127. The highest BCUT2D eigenvalue weighted by molar-refractivity contribution is 7.98. The minimum Gasteiger partial charge on any atom is -0.350 e. The van der Waals surface area contributed by atoms with Crippen molar-refractivity contribution in [1.82, 2.24) is 20.0 Å². The maximum atomic E-state index is 12.5. The first kappa shape index (κ1) is 17.0. The lowest BCUT2D eigenvalue weighted by Crippen LogP contribution is -2.31. The van der Waals surface area contributed by atoms with Crippen molar-refractivity contribution in [3.8, 4) is 0 Å². The van der Waals surface area contributed by atoms with Crippen molar-refractivity contribution in [2.24, 2.45) is 0 Å². The van der Waals surface area contributed by atoms with Crippen LogP contribution in [0.4, 0.5) is 0 Å². The highest BCUT2D eigenvalue weighted by Crippen LogP contribution is 2.16. The van der Waals surface area contributed by atoms with Gasteiger partial charge in [-0.2, -0.15) is 16.9 Å². The van der Waals surface area contributed by atoms with Crippen LogP contribution in [0.1, 0.15) is 17.5 Å². The van der Waals surface area contributed by atoms with Gasteiger partial charge in [0.2, 0.25) is 0 Å². The Morgan fingerprint density at radius 2 is 2.08 bits per heavy atom. The molecule has 1 atom stereocenters.